The molecule has 1 saturated heterocycles. The van der Waals surface area contributed by atoms with E-state index in [1.165, 1.54) is 11.3 Å². The van der Waals surface area contributed by atoms with Gasteiger partial charge in [-0.3, -0.25) is 0 Å². The summed E-state index contributed by atoms with van der Waals surface area (Å²) >= 11 is 5.40. The van der Waals surface area contributed by atoms with Gasteiger partial charge in [0, 0.05) is 22.3 Å². The van der Waals surface area contributed by atoms with Crippen LogP contribution >= 0.6 is 27.7 Å². The van der Waals surface area contributed by atoms with E-state index in [2.05, 4.69) is 27.3 Å². The van der Waals surface area contributed by atoms with Crippen molar-refractivity contribution in [3.8, 4) is 5.75 Å². The molecule has 1 aliphatic heterocycles. The Kier molecular flexibility index (Phi) is 3.36. The molecule has 1 atom stereocenters. The van der Waals surface area contributed by atoms with Crippen LogP contribution in [-0.4, -0.2) is 19.4 Å². The van der Waals surface area contributed by atoms with Gasteiger partial charge >= 0.3 is 0 Å². The van der Waals surface area contributed by atoms with Gasteiger partial charge in [0.05, 0.1) is 12.5 Å². The number of hydrogen-bond donors (Lipinski definition) is 1. The van der Waals surface area contributed by atoms with E-state index >= 15 is 0 Å². The molecule has 1 aromatic rings. The standard InChI is InChI=1S/C10H12BrNOS/c1-13-9-3-2-7(11)6-8(9)10-12-4-5-14-10/h2-3,6,10,12H,4-5H2,1H3/t10-/m0/s1. The molecule has 2 rings (SSSR count). The summed E-state index contributed by atoms with van der Waals surface area (Å²) in [6.07, 6.45) is 0. The Morgan fingerprint density at radius 2 is 2.43 bits per heavy atom. The third-order valence-electron chi connectivity index (χ3n) is 2.19. The van der Waals surface area contributed by atoms with E-state index in [0.29, 0.717) is 5.37 Å². The van der Waals surface area contributed by atoms with Crippen molar-refractivity contribution in [3.05, 3.63) is 28.2 Å². The molecular weight excluding hydrogens is 262 g/mol. The van der Waals surface area contributed by atoms with Crippen LogP contribution in [0, 0.1) is 0 Å². The number of methoxy groups -OCH3 is 1. The zero-order valence-corrected chi connectivity index (χ0v) is 10.3. The highest BCUT2D eigenvalue weighted by Gasteiger charge is 2.20. The highest BCUT2D eigenvalue weighted by molar-refractivity contribution is 9.10. The topological polar surface area (TPSA) is 21.3 Å². The lowest BCUT2D eigenvalue weighted by Crippen LogP contribution is -2.12. The molecule has 76 valence electrons. The smallest absolute Gasteiger partial charge is 0.124 e. The zero-order valence-electron chi connectivity index (χ0n) is 7.92. The predicted molar refractivity (Wildman–Crippen MR) is 63.9 cm³/mol. The van der Waals surface area contributed by atoms with Crippen LogP contribution in [0.3, 0.4) is 0 Å². The normalized spacial score (nSPS) is 21.1. The van der Waals surface area contributed by atoms with Crippen LogP contribution in [0.5, 0.6) is 5.75 Å². The summed E-state index contributed by atoms with van der Waals surface area (Å²) in [5, 5.41) is 3.81. The molecule has 1 fully saturated rings. The summed E-state index contributed by atoms with van der Waals surface area (Å²) in [6.45, 7) is 1.07. The number of rotatable bonds is 2. The second-order valence-electron chi connectivity index (χ2n) is 3.09. The predicted octanol–water partition coefficient (Wildman–Crippen LogP) is 2.79. The summed E-state index contributed by atoms with van der Waals surface area (Å²) in [5.74, 6) is 2.13. The number of nitrogens with one attached hydrogen (secondary N) is 1. The van der Waals surface area contributed by atoms with E-state index in [-0.39, 0.29) is 0 Å². The van der Waals surface area contributed by atoms with Crippen molar-refractivity contribution in [3.63, 3.8) is 0 Å². The third-order valence-corrected chi connectivity index (χ3v) is 3.88. The fourth-order valence-electron chi connectivity index (χ4n) is 1.54. The first-order valence-corrected chi connectivity index (χ1v) is 6.34. The van der Waals surface area contributed by atoms with E-state index in [1.807, 2.05) is 23.9 Å². The minimum absolute atomic E-state index is 0.377. The highest BCUT2D eigenvalue weighted by Crippen LogP contribution is 2.36. The Bertz CT molecular complexity index is 326. The fourth-order valence-corrected chi connectivity index (χ4v) is 2.99. The lowest BCUT2D eigenvalue weighted by molar-refractivity contribution is 0.408. The third kappa shape index (κ3) is 2.07. The van der Waals surface area contributed by atoms with E-state index in [9.17, 15) is 0 Å². The average molecular weight is 274 g/mol. The van der Waals surface area contributed by atoms with E-state index in [0.717, 1.165) is 16.8 Å². The molecule has 2 nitrogen and oxygen atoms in total. The van der Waals surface area contributed by atoms with Gasteiger partial charge in [0.15, 0.2) is 0 Å². The van der Waals surface area contributed by atoms with Crippen LogP contribution in [0.4, 0.5) is 0 Å². The van der Waals surface area contributed by atoms with Gasteiger partial charge in [-0.2, -0.15) is 0 Å². The minimum Gasteiger partial charge on any atom is -0.496 e. The number of benzene rings is 1. The average Bonchev–Trinajstić information content (AvgIpc) is 2.70. The van der Waals surface area contributed by atoms with Gasteiger partial charge in [-0.1, -0.05) is 15.9 Å². The van der Waals surface area contributed by atoms with Crippen molar-refractivity contribution in [2.75, 3.05) is 19.4 Å². The molecule has 0 unspecified atom stereocenters. The summed E-state index contributed by atoms with van der Waals surface area (Å²) in [5.41, 5.74) is 1.23. The van der Waals surface area contributed by atoms with Crippen LogP contribution in [0.25, 0.3) is 0 Å². The largest absolute Gasteiger partial charge is 0.496 e. The SMILES string of the molecule is COc1ccc(Br)cc1[C@H]1NCCS1. The summed E-state index contributed by atoms with van der Waals surface area (Å²) < 4.78 is 6.44. The Hall–Kier alpha value is -0.190. The van der Waals surface area contributed by atoms with Crippen molar-refractivity contribution < 1.29 is 4.74 Å². The lowest BCUT2D eigenvalue weighted by atomic mass is 10.2. The Balaban J connectivity index is 2.33. The van der Waals surface area contributed by atoms with Gasteiger partial charge in [0.25, 0.3) is 0 Å². The van der Waals surface area contributed by atoms with Crippen LogP contribution in [0.1, 0.15) is 10.9 Å². The Morgan fingerprint density at radius 1 is 1.57 bits per heavy atom. The fraction of sp³-hybridized carbons (Fsp3) is 0.400. The summed E-state index contributed by atoms with van der Waals surface area (Å²) in [7, 11) is 1.71. The van der Waals surface area contributed by atoms with Crippen molar-refractivity contribution in [2.24, 2.45) is 0 Å². The number of halogens is 1. The molecule has 0 saturated carbocycles. The molecule has 0 aliphatic carbocycles. The van der Waals surface area contributed by atoms with Crippen molar-refractivity contribution in [1.29, 1.82) is 0 Å². The number of ether oxygens (including phenoxy) is 1. The van der Waals surface area contributed by atoms with E-state index in [1.54, 1.807) is 7.11 Å². The summed E-state index contributed by atoms with van der Waals surface area (Å²) in [6, 6.07) is 6.12. The van der Waals surface area contributed by atoms with Gasteiger partial charge in [-0.15, -0.1) is 11.8 Å². The van der Waals surface area contributed by atoms with Gasteiger partial charge in [-0.25, -0.2) is 0 Å². The Labute approximate surface area is 96.5 Å². The quantitative estimate of drug-likeness (QED) is 0.896. The second-order valence-corrected chi connectivity index (χ2v) is 5.22. The van der Waals surface area contributed by atoms with Crippen molar-refractivity contribution in [1.82, 2.24) is 5.32 Å². The molecule has 1 aliphatic rings. The van der Waals surface area contributed by atoms with Gasteiger partial charge < -0.3 is 10.1 Å². The monoisotopic (exact) mass is 273 g/mol. The van der Waals surface area contributed by atoms with Crippen LogP contribution in [0.2, 0.25) is 0 Å². The van der Waals surface area contributed by atoms with Crippen molar-refractivity contribution >= 4 is 27.7 Å². The van der Waals surface area contributed by atoms with Crippen molar-refractivity contribution in [2.45, 2.75) is 5.37 Å². The van der Waals surface area contributed by atoms with Gasteiger partial charge in [0.1, 0.15) is 5.75 Å². The molecule has 0 amide bonds. The zero-order chi connectivity index (χ0) is 9.97. The molecule has 0 aromatic heterocycles. The minimum atomic E-state index is 0.377. The molecular formula is C10H12BrNOS. The van der Waals surface area contributed by atoms with Gasteiger partial charge in [-0.05, 0) is 18.2 Å². The first kappa shape index (κ1) is 10.3. The van der Waals surface area contributed by atoms with E-state index in [4.69, 9.17) is 4.74 Å². The second kappa shape index (κ2) is 4.55. The molecule has 14 heavy (non-hydrogen) atoms. The first-order chi connectivity index (χ1) is 6.81. The maximum atomic E-state index is 5.34. The van der Waals surface area contributed by atoms with Crippen LogP contribution < -0.4 is 10.1 Å². The Morgan fingerprint density at radius 3 is 3.07 bits per heavy atom. The molecule has 1 N–H and O–H groups in total. The molecule has 1 heterocycles. The molecule has 4 heteroatoms. The lowest BCUT2D eigenvalue weighted by Gasteiger charge is -2.14. The summed E-state index contributed by atoms with van der Waals surface area (Å²) in [4.78, 5) is 0. The van der Waals surface area contributed by atoms with Gasteiger partial charge in [0.2, 0.25) is 0 Å². The molecule has 0 radical (unpaired) electrons. The maximum absolute atomic E-state index is 5.34. The number of thioether (sulfide) groups is 1. The number of hydrogen-bond acceptors (Lipinski definition) is 3. The first-order valence-electron chi connectivity index (χ1n) is 4.49. The van der Waals surface area contributed by atoms with Crippen LogP contribution in [0.15, 0.2) is 22.7 Å². The highest BCUT2D eigenvalue weighted by atomic mass is 79.9. The maximum Gasteiger partial charge on any atom is 0.124 e. The molecule has 0 bridgehead atoms. The molecule has 0 spiro atoms. The van der Waals surface area contributed by atoms with E-state index < -0.39 is 0 Å². The van der Waals surface area contributed by atoms with Crippen LogP contribution in [-0.2, 0) is 0 Å². The molecule has 1 aromatic carbocycles.